The van der Waals surface area contributed by atoms with Crippen LogP contribution in [-0.4, -0.2) is 10.3 Å². The van der Waals surface area contributed by atoms with E-state index in [0.717, 1.165) is 15.6 Å². The van der Waals surface area contributed by atoms with Crippen LogP contribution in [0.4, 0.5) is 0 Å². The van der Waals surface area contributed by atoms with Crippen molar-refractivity contribution < 1.29 is 9.63 Å². The van der Waals surface area contributed by atoms with Crippen LogP contribution in [0.5, 0.6) is 0 Å². The lowest BCUT2D eigenvalue weighted by Gasteiger charge is -2.03. The Morgan fingerprint density at radius 1 is 1.14 bits per heavy atom. The van der Waals surface area contributed by atoms with Crippen LogP contribution in [0.3, 0.4) is 0 Å². The van der Waals surface area contributed by atoms with E-state index in [1.54, 1.807) is 12.1 Å². The first kappa shape index (κ1) is 14.3. The summed E-state index contributed by atoms with van der Waals surface area (Å²) in [5, 5.41) is 14.4. The maximum absolute atomic E-state index is 9.72. The van der Waals surface area contributed by atoms with E-state index in [2.05, 4.69) is 21.1 Å². The second-order valence-electron chi connectivity index (χ2n) is 4.49. The van der Waals surface area contributed by atoms with Gasteiger partial charge in [0.1, 0.15) is 5.69 Å². The lowest BCUT2D eigenvalue weighted by molar-refractivity contribution is 0.281. The predicted octanol–water partition coefficient (Wildman–Crippen LogP) is 4.92. The minimum atomic E-state index is -0.165. The Labute approximate surface area is 135 Å². The number of rotatable bonds is 3. The summed E-state index contributed by atoms with van der Waals surface area (Å²) in [4.78, 5) is 0. The molecule has 21 heavy (non-hydrogen) atoms. The molecule has 0 saturated carbocycles. The van der Waals surface area contributed by atoms with Crippen LogP contribution in [0.25, 0.3) is 22.6 Å². The highest BCUT2D eigenvalue weighted by atomic mass is 79.9. The van der Waals surface area contributed by atoms with Crippen LogP contribution in [0, 0.1) is 0 Å². The van der Waals surface area contributed by atoms with Gasteiger partial charge in [-0.05, 0) is 18.2 Å². The third-order valence-electron chi connectivity index (χ3n) is 3.16. The second-order valence-corrected chi connectivity index (χ2v) is 5.78. The number of hydrogen-bond donors (Lipinski definition) is 1. The van der Waals surface area contributed by atoms with Crippen LogP contribution in [0.1, 0.15) is 5.56 Å². The summed E-state index contributed by atoms with van der Waals surface area (Å²) in [5.41, 5.74) is 2.93. The quantitative estimate of drug-likeness (QED) is 0.718. The van der Waals surface area contributed by atoms with Gasteiger partial charge in [-0.3, -0.25) is 0 Å². The fourth-order valence-corrected chi connectivity index (χ4v) is 2.84. The number of halogens is 2. The molecule has 0 bridgehead atoms. The highest BCUT2D eigenvalue weighted by Gasteiger charge is 2.19. The minimum absolute atomic E-state index is 0.165. The Kier molecular flexibility index (Phi) is 4.10. The third kappa shape index (κ3) is 2.75. The van der Waals surface area contributed by atoms with Crippen molar-refractivity contribution in [1.82, 2.24) is 5.16 Å². The molecule has 2 aromatic carbocycles. The van der Waals surface area contributed by atoms with Crippen molar-refractivity contribution in [2.24, 2.45) is 0 Å². The predicted molar refractivity (Wildman–Crippen MR) is 86.0 cm³/mol. The van der Waals surface area contributed by atoms with Crippen molar-refractivity contribution in [2.45, 2.75) is 6.61 Å². The molecule has 3 aromatic rings. The van der Waals surface area contributed by atoms with E-state index in [1.807, 2.05) is 36.4 Å². The summed E-state index contributed by atoms with van der Waals surface area (Å²) in [5.74, 6) is 0.533. The van der Waals surface area contributed by atoms with Crippen molar-refractivity contribution in [2.75, 3.05) is 0 Å². The van der Waals surface area contributed by atoms with Gasteiger partial charge in [0.15, 0.2) is 5.76 Å². The summed E-state index contributed by atoms with van der Waals surface area (Å²) < 4.78 is 6.34. The molecule has 1 aromatic heterocycles. The van der Waals surface area contributed by atoms with Crippen molar-refractivity contribution in [3.63, 3.8) is 0 Å². The van der Waals surface area contributed by atoms with Gasteiger partial charge in [-0.2, -0.15) is 0 Å². The molecule has 0 fully saturated rings. The number of aliphatic hydroxyl groups excluding tert-OH is 1. The summed E-state index contributed by atoms with van der Waals surface area (Å²) >= 11 is 9.50. The molecule has 5 heteroatoms. The summed E-state index contributed by atoms with van der Waals surface area (Å²) in [6.45, 7) is -0.165. The van der Waals surface area contributed by atoms with Crippen LogP contribution < -0.4 is 0 Å². The zero-order chi connectivity index (χ0) is 14.8. The molecule has 0 saturated heterocycles. The molecular formula is C16H11BrClNO2. The normalized spacial score (nSPS) is 10.8. The standard InChI is InChI=1S/C16H11BrClNO2/c17-14-7-2-1-6-12(14)15-13(9-20)16(21-19-15)10-4-3-5-11(18)8-10/h1-8,20H,9H2. The van der Waals surface area contributed by atoms with Gasteiger partial charge in [-0.25, -0.2) is 0 Å². The van der Waals surface area contributed by atoms with E-state index < -0.39 is 0 Å². The molecule has 1 N–H and O–H groups in total. The van der Waals surface area contributed by atoms with Crippen molar-refractivity contribution in [3.05, 3.63) is 63.6 Å². The monoisotopic (exact) mass is 363 g/mol. The van der Waals surface area contributed by atoms with E-state index in [1.165, 1.54) is 0 Å². The molecule has 0 aliphatic heterocycles. The molecule has 0 spiro atoms. The Morgan fingerprint density at radius 2 is 1.95 bits per heavy atom. The first-order chi connectivity index (χ1) is 10.2. The third-order valence-corrected chi connectivity index (χ3v) is 4.09. The first-order valence-corrected chi connectivity index (χ1v) is 7.48. The fraction of sp³-hybridized carbons (Fsp3) is 0.0625. The van der Waals surface area contributed by atoms with Gasteiger partial charge in [0.25, 0.3) is 0 Å². The van der Waals surface area contributed by atoms with Gasteiger partial charge in [0.2, 0.25) is 0 Å². The van der Waals surface area contributed by atoms with Gasteiger partial charge in [0.05, 0.1) is 12.2 Å². The Hall–Kier alpha value is -1.62. The topological polar surface area (TPSA) is 46.3 Å². The summed E-state index contributed by atoms with van der Waals surface area (Å²) in [6, 6.07) is 14.9. The van der Waals surface area contributed by atoms with E-state index in [-0.39, 0.29) is 6.61 Å². The average Bonchev–Trinajstić information content (AvgIpc) is 2.91. The van der Waals surface area contributed by atoms with Gasteiger partial charge < -0.3 is 9.63 Å². The molecule has 0 amide bonds. The Balaban J connectivity index is 2.16. The molecule has 3 nitrogen and oxygen atoms in total. The zero-order valence-corrected chi connectivity index (χ0v) is 13.2. The highest BCUT2D eigenvalue weighted by molar-refractivity contribution is 9.10. The Morgan fingerprint density at radius 3 is 2.67 bits per heavy atom. The summed E-state index contributed by atoms with van der Waals surface area (Å²) in [7, 11) is 0. The smallest absolute Gasteiger partial charge is 0.173 e. The minimum Gasteiger partial charge on any atom is -0.391 e. The van der Waals surface area contributed by atoms with Crippen LogP contribution >= 0.6 is 27.5 Å². The number of aliphatic hydroxyl groups is 1. The molecule has 0 unspecified atom stereocenters. The first-order valence-electron chi connectivity index (χ1n) is 6.31. The van der Waals surface area contributed by atoms with Gasteiger partial charge >= 0.3 is 0 Å². The molecule has 0 atom stereocenters. The maximum Gasteiger partial charge on any atom is 0.173 e. The SMILES string of the molecule is OCc1c(-c2ccccc2Br)noc1-c1cccc(Cl)c1. The molecule has 0 aliphatic rings. The van der Waals surface area contributed by atoms with Crippen molar-refractivity contribution in [3.8, 4) is 22.6 Å². The summed E-state index contributed by atoms with van der Waals surface area (Å²) in [6.07, 6.45) is 0. The largest absolute Gasteiger partial charge is 0.391 e. The van der Waals surface area contributed by atoms with Gasteiger partial charge in [-0.15, -0.1) is 0 Å². The van der Waals surface area contributed by atoms with Gasteiger partial charge in [-0.1, -0.05) is 63.0 Å². The van der Waals surface area contributed by atoms with Crippen LogP contribution in [0.2, 0.25) is 5.02 Å². The highest BCUT2D eigenvalue weighted by Crippen LogP contribution is 2.36. The van der Waals surface area contributed by atoms with E-state index in [4.69, 9.17) is 16.1 Å². The van der Waals surface area contributed by atoms with Gasteiger partial charge in [0, 0.05) is 20.6 Å². The van der Waals surface area contributed by atoms with Crippen LogP contribution in [-0.2, 0) is 6.61 Å². The van der Waals surface area contributed by atoms with Crippen molar-refractivity contribution in [1.29, 1.82) is 0 Å². The fourth-order valence-electron chi connectivity index (χ4n) is 2.18. The molecule has 3 rings (SSSR count). The lowest BCUT2D eigenvalue weighted by Crippen LogP contribution is -1.89. The number of aromatic nitrogens is 1. The maximum atomic E-state index is 9.72. The lowest BCUT2D eigenvalue weighted by atomic mass is 10.0. The van der Waals surface area contributed by atoms with Crippen molar-refractivity contribution >= 4 is 27.5 Å². The molecular weight excluding hydrogens is 354 g/mol. The van der Waals surface area contributed by atoms with E-state index >= 15 is 0 Å². The molecule has 0 aliphatic carbocycles. The molecule has 1 heterocycles. The number of benzene rings is 2. The number of hydrogen-bond acceptors (Lipinski definition) is 3. The van der Waals surface area contributed by atoms with Crippen LogP contribution in [0.15, 0.2) is 57.5 Å². The average molecular weight is 365 g/mol. The number of nitrogens with zero attached hydrogens (tertiary/aromatic N) is 1. The Bertz CT molecular complexity index is 785. The second kappa shape index (κ2) is 6.02. The molecule has 0 radical (unpaired) electrons. The van der Waals surface area contributed by atoms with E-state index in [0.29, 0.717) is 22.0 Å². The zero-order valence-electron chi connectivity index (χ0n) is 10.9. The molecule has 106 valence electrons. The van der Waals surface area contributed by atoms with E-state index in [9.17, 15) is 5.11 Å².